The first kappa shape index (κ1) is 28.4. The lowest BCUT2D eigenvalue weighted by molar-refractivity contribution is 0.414. The van der Waals surface area contributed by atoms with Gasteiger partial charge in [0.25, 0.3) is 0 Å². The Labute approximate surface area is 227 Å². The van der Waals surface area contributed by atoms with E-state index in [9.17, 15) is 0 Å². The molecule has 1 heterocycles. The molecule has 1 aromatic heterocycles. The van der Waals surface area contributed by atoms with Gasteiger partial charge in [-0.05, 0) is 54.7 Å². The van der Waals surface area contributed by atoms with E-state index in [-0.39, 0.29) is 0 Å². The lowest BCUT2D eigenvalue weighted by Crippen LogP contribution is -2.03. The predicted octanol–water partition coefficient (Wildman–Crippen LogP) is 8.84. The fraction of sp³-hybridized carbons (Fsp3) is 0.375. The molecule has 0 saturated carbocycles. The van der Waals surface area contributed by atoms with E-state index < -0.39 is 0 Å². The Morgan fingerprint density at radius 2 is 1.32 bits per heavy atom. The number of methoxy groups -OCH3 is 1. The molecule has 0 aliphatic heterocycles. The minimum absolute atomic E-state index is 0.666. The number of hydrogen-bond acceptors (Lipinski definition) is 3. The van der Waals surface area contributed by atoms with Crippen LogP contribution < -0.4 is 4.74 Å². The highest BCUT2D eigenvalue weighted by Gasteiger charge is 2.08. The van der Waals surface area contributed by atoms with Gasteiger partial charge in [-0.15, -0.1) is 0 Å². The van der Waals surface area contributed by atoms with Crippen molar-refractivity contribution in [3.8, 4) is 17.1 Å². The third-order valence-corrected chi connectivity index (χ3v) is 6.80. The first-order valence-corrected chi connectivity index (χ1v) is 14.0. The lowest BCUT2D eigenvalue weighted by atomic mass is 10.0. The summed E-state index contributed by atoms with van der Waals surface area (Å²) in [6.07, 6.45) is 11.8. The summed E-state index contributed by atoms with van der Waals surface area (Å²) in [5.41, 5.74) is 3.81. The summed E-state index contributed by atoms with van der Waals surface area (Å²) in [5.74, 6) is 1.85. The molecule has 196 valence electrons. The number of ether oxygens (including phenoxy) is 1. The molecule has 37 heavy (non-hydrogen) atoms. The van der Waals surface area contributed by atoms with Gasteiger partial charge in [0, 0.05) is 12.1 Å². The molecule has 5 heteroatoms. The molecule has 0 aliphatic rings. The zero-order chi connectivity index (χ0) is 26.1. The maximum Gasteiger partial charge on any atom is 0.195 e. The van der Waals surface area contributed by atoms with Crippen LogP contribution in [0.2, 0.25) is 0 Å². The van der Waals surface area contributed by atoms with Crippen molar-refractivity contribution >= 4 is 12.2 Å². The number of hydrogen-bond donors (Lipinski definition) is 1. The predicted molar refractivity (Wildman–Crippen MR) is 158 cm³/mol. The highest BCUT2D eigenvalue weighted by molar-refractivity contribution is 7.71. The third kappa shape index (κ3) is 10.0. The molecule has 0 atom stereocenters. The van der Waals surface area contributed by atoms with Gasteiger partial charge < -0.3 is 4.74 Å². The highest BCUT2D eigenvalue weighted by Crippen LogP contribution is 2.17. The molecular formula is C32H41N3OS. The van der Waals surface area contributed by atoms with Crippen LogP contribution in [0.1, 0.15) is 63.0 Å². The van der Waals surface area contributed by atoms with Gasteiger partial charge in [-0.2, -0.15) is 5.10 Å². The van der Waals surface area contributed by atoms with Crippen LogP contribution in [0.25, 0.3) is 11.4 Å². The Kier molecular flexibility index (Phi) is 12.7. The van der Waals surface area contributed by atoms with Crippen LogP contribution in [0, 0.1) is 4.77 Å². The normalized spacial score (nSPS) is 10.5. The molecule has 3 aromatic carbocycles. The van der Waals surface area contributed by atoms with Crippen LogP contribution in [-0.2, 0) is 19.4 Å². The van der Waals surface area contributed by atoms with E-state index in [0.29, 0.717) is 4.77 Å². The van der Waals surface area contributed by atoms with Crippen LogP contribution in [0.5, 0.6) is 5.75 Å². The average Bonchev–Trinajstić information content (AvgIpc) is 3.33. The number of aromatic amines is 1. The van der Waals surface area contributed by atoms with Gasteiger partial charge in [-0.25, -0.2) is 0 Å². The van der Waals surface area contributed by atoms with Gasteiger partial charge in [0.05, 0.1) is 7.11 Å². The minimum atomic E-state index is 0.666. The topological polar surface area (TPSA) is 42.8 Å². The molecule has 4 aromatic rings. The van der Waals surface area contributed by atoms with Crippen molar-refractivity contribution in [2.45, 2.75) is 71.3 Å². The van der Waals surface area contributed by atoms with Crippen molar-refractivity contribution in [1.29, 1.82) is 0 Å². The zero-order valence-corrected chi connectivity index (χ0v) is 23.2. The maximum absolute atomic E-state index is 5.33. The number of H-pyrrole nitrogens is 1. The van der Waals surface area contributed by atoms with E-state index in [1.165, 1.54) is 62.5 Å². The number of rotatable bonds is 13. The average molecular weight is 516 g/mol. The Morgan fingerprint density at radius 1 is 0.730 bits per heavy atom. The van der Waals surface area contributed by atoms with E-state index in [1.54, 1.807) is 7.11 Å². The summed E-state index contributed by atoms with van der Waals surface area (Å²) < 4.78 is 7.87. The minimum Gasteiger partial charge on any atom is -0.497 e. The second-order valence-corrected chi connectivity index (χ2v) is 9.71. The summed E-state index contributed by atoms with van der Waals surface area (Å²) in [7, 11) is 1.71. The summed E-state index contributed by atoms with van der Waals surface area (Å²) in [6.45, 7) is 3.09. The molecule has 0 bridgehead atoms. The Morgan fingerprint density at radius 3 is 1.97 bits per heavy atom. The van der Waals surface area contributed by atoms with Gasteiger partial charge in [-0.1, -0.05) is 118 Å². The van der Waals surface area contributed by atoms with E-state index >= 15 is 0 Å². The van der Waals surface area contributed by atoms with Crippen LogP contribution in [0.4, 0.5) is 0 Å². The second kappa shape index (κ2) is 16.5. The fourth-order valence-corrected chi connectivity index (χ4v) is 4.52. The molecule has 0 saturated heterocycles. The molecule has 0 radical (unpaired) electrons. The van der Waals surface area contributed by atoms with Crippen LogP contribution in [0.3, 0.4) is 0 Å². The van der Waals surface area contributed by atoms with E-state index in [4.69, 9.17) is 17.0 Å². The van der Waals surface area contributed by atoms with Crippen molar-refractivity contribution in [2.24, 2.45) is 0 Å². The summed E-state index contributed by atoms with van der Waals surface area (Å²) in [4.78, 5) is 0. The van der Waals surface area contributed by atoms with Crippen LogP contribution in [-0.4, -0.2) is 21.9 Å². The molecule has 4 rings (SSSR count). The van der Waals surface area contributed by atoms with E-state index in [0.717, 1.165) is 30.1 Å². The second-order valence-electron chi connectivity index (χ2n) is 9.33. The highest BCUT2D eigenvalue weighted by atomic mass is 32.1. The molecule has 0 spiro atoms. The number of aryl methyl sites for hydroxylation is 2. The number of nitrogens with zero attached hydrogens (tertiary/aromatic N) is 2. The van der Waals surface area contributed by atoms with Crippen molar-refractivity contribution < 1.29 is 4.74 Å². The molecule has 1 N–H and O–H groups in total. The quantitative estimate of drug-likeness (QED) is 0.143. The van der Waals surface area contributed by atoms with Crippen molar-refractivity contribution in [2.75, 3.05) is 7.11 Å². The SMILES string of the molecule is CCCCCCCCCc1ccc(OC)cc1.S=c1[nH]nc(-c2ccccc2)n1CCc1ccccc1. The standard InChI is InChI=1S/C16H15N3S.C16H26O/c20-16-18-17-15(14-9-5-2-6-10-14)19(16)12-11-13-7-3-1-4-8-13;1-3-4-5-6-7-8-9-10-15-11-13-16(17-2)14-12-15/h1-10H,11-12H2,(H,18,20);11-14H,3-10H2,1-2H3. The Bertz CT molecular complexity index is 1180. The number of unbranched alkanes of at least 4 members (excludes halogenated alkanes) is 6. The van der Waals surface area contributed by atoms with Gasteiger partial charge in [0.1, 0.15) is 5.75 Å². The first-order valence-electron chi connectivity index (χ1n) is 13.6. The smallest absolute Gasteiger partial charge is 0.195 e. The molecule has 0 amide bonds. The zero-order valence-electron chi connectivity index (χ0n) is 22.4. The summed E-state index contributed by atoms with van der Waals surface area (Å²) in [5, 5.41) is 7.23. The molecule has 0 fully saturated rings. The van der Waals surface area contributed by atoms with E-state index in [1.807, 2.05) is 36.4 Å². The van der Waals surface area contributed by atoms with Crippen LogP contribution >= 0.6 is 12.2 Å². The fourth-order valence-electron chi connectivity index (χ4n) is 4.30. The van der Waals surface area contributed by atoms with Crippen molar-refractivity contribution in [3.63, 3.8) is 0 Å². The molecular weight excluding hydrogens is 474 g/mol. The van der Waals surface area contributed by atoms with E-state index in [2.05, 4.69) is 70.2 Å². The monoisotopic (exact) mass is 515 g/mol. The van der Waals surface area contributed by atoms with Crippen molar-refractivity contribution in [1.82, 2.24) is 14.8 Å². The van der Waals surface area contributed by atoms with Crippen molar-refractivity contribution in [3.05, 3.63) is 101 Å². The third-order valence-electron chi connectivity index (χ3n) is 6.49. The van der Waals surface area contributed by atoms with Gasteiger partial charge in [-0.3, -0.25) is 9.67 Å². The largest absolute Gasteiger partial charge is 0.497 e. The first-order chi connectivity index (χ1) is 18.2. The lowest BCUT2D eigenvalue weighted by Gasteiger charge is -2.07. The summed E-state index contributed by atoms with van der Waals surface area (Å²) >= 11 is 5.33. The molecule has 0 aliphatic carbocycles. The van der Waals surface area contributed by atoms with Gasteiger partial charge >= 0.3 is 0 Å². The number of benzene rings is 3. The maximum atomic E-state index is 5.33. The molecule has 0 unspecified atom stereocenters. The molecule has 4 nitrogen and oxygen atoms in total. The Hall–Kier alpha value is -3.18. The number of aromatic nitrogens is 3. The summed E-state index contributed by atoms with van der Waals surface area (Å²) in [6, 6.07) is 29.0. The Balaban J connectivity index is 0.000000209. The van der Waals surface area contributed by atoms with Gasteiger partial charge in [0.2, 0.25) is 0 Å². The van der Waals surface area contributed by atoms with Crippen LogP contribution in [0.15, 0.2) is 84.9 Å². The van der Waals surface area contributed by atoms with Gasteiger partial charge in [0.15, 0.2) is 10.6 Å². The number of nitrogens with one attached hydrogen (secondary N) is 1.